The lowest BCUT2D eigenvalue weighted by molar-refractivity contribution is -0.268. The maximum Gasteiger partial charge on any atom is 0.338 e. The lowest BCUT2D eigenvalue weighted by Crippen LogP contribution is -2.61. The highest BCUT2D eigenvalue weighted by atomic mass is 32.2. The molecule has 47 heavy (non-hydrogen) atoms. The number of carbonyl (C=O) groups is 2. The molecule has 4 aliphatic carbocycles. The molecule has 4 unspecified atom stereocenters. The van der Waals surface area contributed by atoms with Crippen LogP contribution in [0.15, 0.2) is 71.9 Å². The monoisotopic (exact) mass is 657 g/mol. The van der Waals surface area contributed by atoms with Crippen LogP contribution in [-0.4, -0.2) is 44.6 Å². The van der Waals surface area contributed by atoms with Gasteiger partial charge in [-0.15, -0.1) is 11.8 Å². The Morgan fingerprint density at radius 2 is 1.55 bits per heavy atom. The molecule has 5 fully saturated rings. The number of benzene rings is 2. The molecule has 10 heteroatoms. The summed E-state index contributed by atoms with van der Waals surface area (Å²) in [6.07, 6.45) is 7.78. The van der Waals surface area contributed by atoms with Crippen LogP contribution in [0.4, 0.5) is 4.79 Å². The normalized spacial score (nSPS) is 31.0. The second kappa shape index (κ2) is 13.6. The third-order valence-corrected chi connectivity index (χ3v) is 11.7. The number of thioether (sulfide) groups is 1. The van der Waals surface area contributed by atoms with Crippen molar-refractivity contribution in [1.82, 2.24) is 15.6 Å². The minimum Gasteiger partial charge on any atom is -0.478 e. The van der Waals surface area contributed by atoms with Gasteiger partial charge in [0.2, 0.25) is 0 Å². The highest BCUT2D eigenvalue weighted by Gasteiger charge is 2.51. The van der Waals surface area contributed by atoms with E-state index in [0.717, 1.165) is 59.3 Å². The van der Waals surface area contributed by atoms with Crippen LogP contribution < -0.4 is 10.6 Å². The lowest BCUT2D eigenvalue weighted by atomic mass is 9.53. The summed E-state index contributed by atoms with van der Waals surface area (Å²) in [5.41, 5.74) is 3.79. The number of aliphatic hydroxyl groups excluding tert-OH is 1. The molecular weight excluding hydrogens is 614 g/mol. The summed E-state index contributed by atoms with van der Waals surface area (Å²) in [6.45, 7) is 2.47. The van der Waals surface area contributed by atoms with Gasteiger partial charge in [0.05, 0.1) is 24.4 Å². The Balaban J connectivity index is 1.02. The van der Waals surface area contributed by atoms with Gasteiger partial charge in [0.1, 0.15) is 5.03 Å². The van der Waals surface area contributed by atoms with Crippen molar-refractivity contribution >= 4 is 23.8 Å². The average Bonchev–Trinajstić information content (AvgIpc) is 3.06. The van der Waals surface area contributed by atoms with Crippen molar-refractivity contribution in [2.75, 3.05) is 5.75 Å². The number of carbonyl (C=O) groups excluding carboxylic acids is 1. The summed E-state index contributed by atoms with van der Waals surface area (Å²) in [5.74, 6) is 1.75. The number of carboxylic acid groups (broad SMARTS) is 1. The number of carboxylic acids is 1. The Morgan fingerprint density at radius 3 is 2.19 bits per heavy atom. The number of aromatic carboxylic acids is 1. The molecule has 2 heterocycles. The van der Waals surface area contributed by atoms with Gasteiger partial charge in [0.25, 0.3) is 0 Å². The molecule has 3 aromatic rings. The number of pyridine rings is 1. The van der Waals surface area contributed by atoms with Crippen LogP contribution in [0.1, 0.15) is 90.5 Å². The summed E-state index contributed by atoms with van der Waals surface area (Å²) in [4.78, 5) is 29.1. The molecule has 0 spiro atoms. The molecule has 4 N–H and O–H groups in total. The quantitative estimate of drug-likeness (QED) is 0.179. The molecule has 1 saturated heterocycles. The molecule has 248 valence electrons. The van der Waals surface area contributed by atoms with Crippen molar-refractivity contribution < 1.29 is 29.3 Å². The molecule has 1 aliphatic heterocycles. The van der Waals surface area contributed by atoms with Crippen LogP contribution in [0.25, 0.3) is 0 Å². The minimum absolute atomic E-state index is 0.0228. The van der Waals surface area contributed by atoms with E-state index in [2.05, 4.69) is 22.5 Å². The number of amides is 2. The number of ether oxygens (including phenoxy) is 2. The fourth-order valence-corrected chi connectivity index (χ4v) is 9.81. The van der Waals surface area contributed by atoms with Crippen molar-refractivity contribution in [2.45, 2.75) is 87.7 Å². The van der Waals surface area contributed by atoms with Crippen LogP contribution in [0.5, 0.6) is 0 Å². The zero-order chi connectivity index (χ0) is 32.5. The molecule has 2 aromatic carbocycles. The molecule has 0 radical (unpaired) electrons. The number of rotatable bonds is 10. The predicted molar refractivity (Wildman–Crippen MR) is 178 cm³/mol. The molecule has 8 rings (SSSR count). The Bertz CT molecular complexity index is 1550. The van der Waals surface area contributed by atoms with Crippen LogP contribution in [0.3, 0.4) is 0 Å². The van der Waals surface area contributed by atoms with Crippen LogP contribution >= 0.6 is 11.8 Å². The summed E-state index contributed by atoms with van der Waals surface area (Å²) in [5, 5.41) is 26.1. The molecular formula is C37H43N3O6S. The number of hydrogen-bond acceptors (Lipinski definition) is 7. The number of hydrogen-bond donors (Lipinski definition) is 4. The van der Waals surface area contributed by atoms with Gasteiger partial charge in [-0.2, -0.15) is 0 Å². The fraction of sp³-hybridized carbons (Fsp3) is 0.486. The number of nitrogens with one attached hydrogen (secondary N) is 2. The van der Waals surface area contributed by atoms with E-state index in [-0.39, 0.29) is 41.9 Å². The van der Waals surface area contributed by atoms with Crippen LogP contribution in [0.2, 0.25) is 0 Å². The summed E-state index contributed by atoms with van der Waals surface area (Å²) >= 11 is 1.37. The molecule has 1 aromatic heterocycles. The standard InChI is InChI=1S/C37H43N3O6S/c1-22-31(21-47-33-30(34(42)43)3-2-12-38-33)45-35(46-32(22)28-8-6-24(20-41)7-9-28)29-10-4-23(5-11-29)19-39-36(44)40-37-16-25-13-26(17-37)15-27(14-25)18-37/h2-12,22,25-27,31-32,35,41H,13-21H2,1H3,(H,42,43)(H2,39,40,44). The Hall–Kier alpha value is -3.44. The van der Waals surface area contributed by atoms with Gasteiger partial charge in [-0.05, 0) is 85.1 Å². The maximum atomic E-state index is 13.0. The van der Waals surface area contributed by atoms with Gasteiger partial charge >= 0.3 is 12.0 Å². The first-order chi connectivity index (χ1) is 22.8. The van der Waals surface area contributed by atoms with Gasteiger partial charge in [0, 0.05) is 35.5 Å². The van der Waals surface area contributed by atoms with Crippen molar-refractivity contribution in [1.29, 1.82) is 0 Å². The number of urea groups is 1. The van der Waals surface area contributed by atoms with Crippen LogP contribution in [-0.2, 0) is 22.6 Å². The highest BCUT2D eigenvalue weighted by Crippen LogP contribution is 2.55. The fourth-order valence-electron chi connectivity index (χ4n) is 8.66. The smallest absolute Gasteiger partial charge is 0.338 e. The van der Waals surface area contributed by atoms with E-state index in [0.29, 0.717) is 17.3 Å². The predicted octanol–water partition coefficient (Wildman–Crippen LogP) is 6.62. The number of aliphatic hydroxyl groups is 1. The SMILES string of the molecule is CC1C(CSc2ncccc2C(=O)O)OC(c2ccc(CNC(=O)NC34CC5CC(CC(C5)C3)C4)cc2)OC1c1ccc(CO)cc1. The third kappa shape index (κ3) is 7.06. The Labute approximate surface area is 279 Å². The highest BCUT2D eigenvalue weighted by molar-refractivity contribution is 7.99. The summed E-state index contributed by atoms with van der Waals surface area (Å²) < 4.78 is 13.1. The summed E-state index contributed by atoms with van der Waals surface area (Å²) in [7, 11) is 0. The second-order valence-corrected chi connectivity index (χ2v) is 15.1. The molecule has 2 amide bonds. The Morgan fingerprint density at radius 1 is 0.915 bits per heavy atom. The van der Waals surface area contributed by atoms with Gasteiger partial charge < -0.3 is 30.3 Å². The minimum atomic E-state index is -1.01. The van der Waals surface area contributed by atoms with E-state index in [1.165, 1.54) is 31.0 Å². The first kappa shape index (κ1) is 32.1. The van der Waals surface area contributed by atoms with E-state index in [4.69, 9.17) is 9.47 Å². The first-order valence-corrected chi connectivity index (χ1v) is 17.7. The van der Waals surface area contributed by atoms with E-state index >= 15 is 0 Å². The van der Waals surface area contributed by atoms with Crippen molar-refractivity contribution in [3.05, 3.63) is 94.7 Å². The molecule has 9 nitrogen and oxygen atoms in total. The second-order valence-electron chi connectivity index (χ2n) is 14.0. The van der Waals surface area contributed by atoms with E-state index in [1.54, 1.807) is 18.3 Å². The van der Waals surface area contributed by atoms with E-state index in [1.807, 2.05) is 48.5 Å². The van der Waals surface area contributed by atoms with Crippen LogP contribution in [0, 0.1) is 23.7 Å². The summed E-state index contributed by atoms with van der Waals surface area (Å²) in [6, 6.07) is 18.8. The molecule has 5 aliphatic rings. The topological polar surface area (TPSA) is 130 Å². The van der Waals surface area contributed by atoms with Gasteiger partial charge in [0.15, 0.2) is 6.29 Å². The van der Waals surface area contributed by atoms with E-state index in [9.17, 15) is 19.8 Å². The molecule has 4 saturated carbocycles. The van der Waals surface area contributed by atoms with E-state index < -0.39 is 12.3 Å². The largest absolute Gasteiger partial charge is 0.478 e. The molecule has 4 bridgehead atoms. The zero-order valence-corrected chi connectivity index (χ0v) is 27.5. The van der Waals surface area contributed by atoms with Gasteiger partial charge in [-0.25, -0.2) is 14.6 Å². The zero-order valence-electron chi connectivity index (χ0n) is 26.6. The maximum absolute atomic E-state index is 13.0. The Kier molecular flexibility index (Phi) is 9.29. The van der Waals surface area contributed by atoms with Crippen molar-refractivity contribution in [3.63, 3.8) is 0 Å². The number of nitrogens with zero attached hydrogens (tertiary/aromatic N) is 1. The lowest BCUT2D eigenvalue weighted by Gasteiger charge is -2.56. The van der Waals surface area contributed by atoms with Gasteiger partial charge in [-0.3, -0.25) is 0 Å². The van der Waals surface area contributed by atoms with Crippen molar-refractivity contribution in [3.8, 4) is 0 Å². The number of aromatic nitrogens is 1. The average molecular weight is 658 g/mol. The molecule has 4 atom stereocenters. The van der Waals surface area contributed by atoms with Crippen molar-refractivity contribution in [2.24, 2.45) is 23.7 Å². The van der Waals surface area contributed by atoms with Gasteiger partial charge in [-0.1, -0.05) is 55.5 Å². The first-order valence-electron chi connectivity index (χ1n) is 16.7. The third-order valence-electron chi connectivity index (χ3n) is 10.6.